The van der Waals surface area contributed by atoms with Crippen molar-refractivity contribution in [3.05, 3.63) is 42.7 Å². The summed E-state index contributed by atoms with van der Waals surface area (Å²) in [6.45, 7) is 4.03. The molecule has 2 N–H and O–H groups in total. The van der Waals surface area contributed by atoms with Crippen molar-refractivity contribution in [1.82, 2.24) is 25.2 Å². The van der Waals surface area contributed by atoms with Gasteiger partial charge in [-0.2, -0.15) is 5.21 Å². The molecule has 0 unspecified atom stereocenters. The summed E-state index contributed by atoms with van der Waals surface area (Å²) in [6.07, 6.45) is 3.78. The fourth-order valence-corrected chi connectivity index (χ4v) is 2.77. The lowest BCUT2D eigenvalue weighted by Crippen LogP contribution is -2.29. The normalized spacial score (nSPS) is 12.2. The van der Waals surface area contributed by atoms with Crippen molar-refractivity contribution in [3.8, 4) is 17.1 Å². The highest BCUT2D eigenvalue weighted by Gasteiger charge is 2.24. The third-order valence-corrected chi connectivity index (χ3v) is 3.90. The van der Waals surface area contributed by atoms with E-state index in [9.17, 15) is 4.79 Å². The van der Waals surface area contributed by atoms with Gasteiger partial charge in [0, 0.05) is 18.1 Å². The van der Waals surface area contributed by atoms with Crippen LogP contribution < -0.4 is 10.1 Å². The van der Waals surface area contributed by atoms with Gasteiger partial charge in [0.05, 0.1) is 12.7 Å². The predicted molar refractivity (Wildman–Crippen MR) is 93.1 cm³/mol. The Kier molecular flexibility index (Phi) is 4.78. The number of carbonyl (C=O) groups excluding carboxylic acids is 1. The maximum atomic E-state index is 12.8. The first kappa shape index (κ1) is 16.7. The van der Waals surface area contributed by atoms with Crippen LogP contribution in [-0.4, -0.2) is 38.2 Å². The average molecular weight is 340 g/mol. The molecule has 8 nitrogen and oxygen atoms in total. The lowest BCUT2D eigenvalue weighted by molar-refractivity contribution is -0.120. The number of anilines is 1. The van der Waals surface area contributed by atoms with E-state index in [4.69, 9.17) is 4.74 Å². The second-order valence-electron chi connectivity index (χ2n) is 5.96. The molecule has 1 atom stereocenters. The smallest absolute Gasteiger partial charge is 0.247 e. The van der Waals surface area contributed by atoms with E-state index >= 15 is 0 Å². The molecule has 25 heavy (non-hydrogen) atoms. The van der Waals surface area contributed by atoms with Gasteiger partial charge in [-0.15, -0.1) is 10.2 Å². The fourth-order valence-electron chi connectivity index (χ4n) is 2.77. The highest BCUT2D eigenvalue weighted by Crippen LogP contribution is 2.30. The van der Waals surface area contributed by atoms with Crippen LogP contribution in [0.2, 0.25) is 0 Å². The molecule has 0 aliphatic carbocycles. The number of hydrogen-bond acceptors (Lipinski definition) is 5. The first-order valence-electron chi connectivity index (χ1n) is 7.95. The maximum Gasteiger partial charge on any atom is 0.247 e. The summed E-state index contributed by atoms with van der Waals surface area (Å²) in [5, 5.41) is 16.9. The molecule has 0 fully saturated rings. The second kappa shape index (κ2) is 7.16. The summed E-state index contributed by atoms with van der Waals surface area (Å²) in [5.41, 5.74) is 1.29. The van der Waals surface area contributed by atoms with Gasteiger partial charge >= 0.3 is 0 Å². The standard InChI is InChI=1S/C17H20N6O2/c1-11(2)15(23-8-4-5-9-23)17(24)18-12-6-7-14(25-3)13(10-12)16-19-21-22-20-16/h4-11,15H,1-3H3,(H,18,24)(H,19,20,21,22)/t15-/m1/s1. The number of ether oxygens (including phenoxy) is 1. The van der Waals surface area contributed by atoms with Crippen molar-refractivity contribution < 1.29 is 9.53 Å². The Hall–Kier alpha value is -3.16. The summed E-state index contributed by atoms with van der Waals surface area (Å²) >= 11 is 0. The molecule has 0 aliphatic heterocycles. The van der Waals surface area contributed by atoms with Crippen LogP contribution in [0.25, 0.3) is 11.4 Å². The van der Waals surface area contributed by atoms with Crippen molar-refractivity contribution in [1.29, 1.82) is 0 Å². The van der Waals surface area contributed by atoms with Crippen LogP contribution >= 0.6 is 0 Å². The van der Waals surface area contributed by atoms with Gasteiger partial charge in [-0.25, -0.2) is 0 Å². The topological polar surface area (TPSA) is 97.7 Å². The Labute approximate surface area is 145 Å². The number of hydrogen-bond donors (Lipinski definition) is 2. The highest BCUT2D eigenvalue weighted by atomic mass is 16.5. The Bertz CT molecular complexity index is 827. The van der Waals surface area contributed by atoms with Gasteiger partial charge in [-0.05, 0) is 41.5 Å². The fraction of sp³-hybridized carbons (Fsp3) is 0.294. The zero-order chi connectivity index (χ0) is 17.8. The van der Waals surface area contributed by atoms with E-state index in [2.05, 4.69) is 25.9 Å². The van der Waals surface area contributed by atoms with Crippen LogP contribution in [-0.2, 0) is 4.79 Å². The Morgan fingerprint density at radius 2 is 2.04 bits per heavy atom. The Morgan fingerprint density at radius 1 is 1.28 bits per heavy atom. The van der Waals surface area contributed by atoms with Gasteiger partial charge in [-0.1, -0.05) is 13.8 Å². The summed E-state index contributed by atoms with van der Waals surface area (Å²) in [5.74, 6) is 1.06. The van der Waals surface area contributed by atoms with Crippen LogP contribution in [0.15, 0.2) is 42.7 Å². The molecule has 3 aromatic rings. The number of nitrogens with zero attached hydrogens (tertiary/aromatic N) is 4. The largest absolute Gasteiger partial charge is 0.496 e. The lowest BCUT2D eigenvalue weighted by atomic mass is 10.0. The minimum atomic E-state index is -0.300. The van der Waals surface area contributed by atoms with E-state index in [-0.39, 0.29) is 17.9 Å². The Balaban J connectivity index is 1.87. The number of amides is 1. The van der Waals surface area contributed by atoms with Crippen LogP contribution in [0.1, 0.15) is 19.9 Å². The van der Waals surface area contributed by atoms with Crippen LogP contribution in [0.3, 0.4) is 0 Å². The maximum absolute atomic E-state index is 12.8. The summed E-state index contributed by atoms with van der Waals surface area (Å²) in [4.78, 5) is 12.8. The van der Waals surface area contributed by atoms with Crippen molar-refractivity contribution in [2.45, 2.75) is 19.9 Å². The van der Waals surface area contributed by atoms with Gasteiger partial charge < -0.3 is 14.6 Å². The van der Waals surface area contributed by atoms with Gasteiger partial charge in [0.25, 0.3) is 0 Å². The molecule has 130 valence electrons. The third-order valence-electron chi connectivity index (χ3n) is 3.90. The van der Waals surface area contributed by atoms with Gasteiger partial charge in [0.15, 0.2) is 0 Å². The summed E-state index contributed by atoms with van der Waals surface area (Å²) < 4.78 is 7.24. The SMILES string of the molecule is COc1ccc(NC(=O)[C@@H](C(C)C)n2cccc2)cc1-c1nn[nH]n1. The van der Waals surface area contributed by atoms with E-state index in [1.165, 1.54) is 0 Å². The monoisotopic (exact) mass is 340 g/mol. The molecule has 1 amide bonds. The molecule has 0 saturated carbocycles. The number of carbonyl (C=O) groups is 1. The van der Waals surface area contributed by atoms with Gasteiger partial charge in [0.2, 0.25) is 11.7 Å². The van der Waals surface area contributed by atoms with Gasteiger partial charge in [0.1, 0.15) is 11.8 Å². The van der Waals surface area contributed by atoms with E-state index in [0.717, 1.165) is 0 Å². The molecule has 0 bridgehead atoms. The van der Waals surface area contributed by atoms with Crippen molar-refractivity contribution in [2.75, 3.05) is 12.4 Å². The summed E-state index contributed by atoms with van der Waals surface area (Å²) in [6, 6.07) is 8.84. The third kappa shape index (κ3) is 3.52. The van der Waals surface area contributed by atoms with E-state index in [1.54, 1.807) is 25.3 Å². The second-order valence-corrected chi connectivity index (χ2v) is 5.96. The van der Waals surface area contributed by atoms with Crippen LogP contribution in [0.5, 0.6) is 5.75 Å². The molecule has 1 aromatic carbocycles. The molecule has 0 aliphatic rings. The summed E-state index contributed by atoms with van der Waals surface area (Å²) in [7, 11) is 1.57. The zero-order valence-corrected chi connectivity index (χ0v) is 14.3. The number of rotatable bonds is 6. The number of tetrazole rings is 1. The van der Waals surface area contributed by atoms with E-state index in [1.807, 2.05) is 42.9 Å². The highest BCUT2D eigenvalue weighted by molar-refractivity contribution is 5.94. The number of H-pyrrole nitrogens is 1. The molecule has 2 aromatic heterocycles. The van der Waals surface area contributed by atoms with Crippen molar-refractivity contribution in [2.24, 2.45) is 5.92 Å². The quantitative estimate of drug-likeness (QED) is 0.718. The number of aromatic amines is 1. The van der Waals surface area contributed by atoms with Crippen molar-refractivity contribution >= 4 is 11.6 Å². The van der Waals surface area contributed by atoms with Crippen molar-refractivity contribution in [3.63, 3.8) is 0 Å². The molecular weight excluding hydrogens is 320 g/mol. The molecule has 0 saturated heterocycles. The Morgan fingerprint density at radius 3 is 2.64 bits per heavy atom. The minimum absolute atomic E-state index is 0.0876. The molecule has 0 spiro atoms. The van der Waals surface area contributed by atoms with E-state index in [0.29, 0.717) is 22.8 Å². The number of benzene rings is 1. The zero-order valence-electron chi connectivity index (χ0n) is 14.3. The molecule has 0 radical (unpaired) electrons. The lowest BCUT2D eigenvalue weighted by Gasteiger charge is -2.22. The van der Waals surface area contributed by atoms with Gasteiger partial charge in [-0.3, -0.25) is 4.79 Å². The predicted octanol–water partition coefficient (Wildman–Crippen LogP) is 2.51. The number of nitrogens with one attached hydrogen (secondary N) is 2. The first-order valence-corrected chi connectivity index (χ1v) is 7.95. The van der Waals surface area contributed by atoms with Crippen LogP contribution in [0.4, 0.5) is 5.69 Å². The minimum Gasteiger partial charge on any atom is -0.496 e. The average Bonchev–Trinajstić information content (AvgIpc) is 3.28. The number of methoxy groups -OCH3 is 1. The number of aromatic nitrogens is 5. The van der Waals surface area contributed by atoms with Crippen LogP contribution in [0, 0.1) is 5.92 Å². The molecule has 3 rings (SSSR count). The molecule has 2 heterocycles. The van der Waals surface area contributed by atoms with E-state index < -0.39 is 0 Å². The first-order chi connectivity index (χ1) is 12.1. The molecular formula is C17H20N6O2. The molecule has 8 heteroatoms.